The first kappa shape index (κ1) is 13.8. The minimum Gasteiger partial charge on any atom is -0.244 e. The molecule has 0 aliphatic rings. The third-order valence-corrected chi connectivity index (χ3v) is 2.90. The highest BCUT2D eigenvalue weighted by Gasteiger charge is 2.02. The first-order chi connectivity index (χ1) is 10.8. The second-order valence-electron chi connectivity index (χ2n) is 4.42. The summed E-state index contributed by atoms with van der Waals surface area (Å²) >= 11 is 0. The van der Waals surface area contributed by atoms with Crippen LogP contribution in [-0.2, 0) is 0 Å². The van der Waals surface area contributed by atoms with Gasteiger partial charge in [0.2, 0.25) is 0 Å². The summed E-state index contributed by atoms with van der Waals surface area (Å²) in [7, 11) is 0. The number of halogens is 1. The topological polar surface area (TPSA) is 63.1 Å². The number of aromatic nitrogens is 3. The van der Waals surface area contributed by atoms with Crippen molar-refractivity contribution in [2.24, 2.45) is 5.10 Å². The molecule has 0 saturated carbocycles. The molecule has 22 heavy (non-hydrogen) atoms. The number of hydrogen-bond donors (Lipinski definition) is 1. The van der Waals surface area contributed by atoms with Crippen LogP contribution in [-0.4, -0.2) is 21.4 Å². The summed E-state index contributed by atoms with van der Waals surface area (Å²) in [6, 6.07) is 16.0. The van der Waals surface area contributed by atoms with Crippen molar-refractivity contribution in [3.8, 4) is 11.3 Å². The summed E-state index contributed by atoms with van der Waals surface area (Å²) in [5, 5.41) is 11.6. The molecule has 0 aliphatic carbocycles. The molecule has 6 heteroatoms. The maximum absolute atomic E-state index is 13.4. The van der Waals surface area contributed by atoms with Crippen LogP contribution in [0.1, 0.15) is 5.56 Å². The molecule has 1 aromatic heterocycles. The van der Waals surface area contributed by atoms with Crippen molar-refractivity contribution in [3.63, 3.8) is 0 Å². The monoisotopic (exact) mass is 293 g/mol. The standard InChI is InChI=1S/C16H12FN5/c17-14-9-5-4-8-13(14)10-18-21-16-20-15(11-19-22-16)12-6-2-1-3-7-12/h1-11H,(H,20,21,22). The van der Waals surface area contributed by atoms with Gasteiger partial charge < -0.3 is 0 Å². The molecule has 0 radical (unpaired) electrons. The average molecular weight is 293 g/mol. The van der Waals surface area contributed by atoms with Crippen LogP contribution in [0.15, 0.2) is 65.9 Å². The molecule has 1 N–H and O–H groups in total. The largest absolute Gasteiger partial charge is 0.263 e. The Labute approximate surface area is 126 Å². The fraction of sp³-hybridized carbons (Fsp3) is 0. The quantitative estimate of drug-likeness (QED) is 0.593. The third-order valence-electron chi connectivity index (χ3n) is 2.90. The predicted octanol–water partition coefficient (Wildman–Crippen LogP) is 3.12. The lowest BCUT2D eigenvalue weighted by molar-refractivity contribution is 0.626. The molecule has 0 unspecified atom stereocenters. The molecule has 0 bridgehead atoms. The van der Waals surface area contributed by atoms with E-state index in [1.807, 2.05) is 30.3 Å². The van der Waals surface area contributed by atoms with E-state index < -0.39 is 0 Å². The normalized spacial score (nSPS) is 10.8. The van der Waals surface area contributed by atoms with Crippen LogP contribution in [0.5, 0.6) is 0 Å². The molecule has 0 amide bonds. The number of hydrazone groups is 1. The fourth-order valence-electron chi connectivity index (χ4n) is 1.84. The molecule has 5 nitrogen and oxygen atoms in total. The van der Waals surface area contributed by atoms with E-state index in [2.05, 4.69) is 25.7 Å². The molecule has 2 aromatic carbocycles. The van der Waals surface area contributed by atoms with E-state index in [-0.39, 0.29) is 11.8 Å². The predicted molar refractivity (Wildman–Crippen MR) is 82.9 cm³/mol. The minimum absolute atomic E-state index is 0.244. The van der Waals surface area contributed by atoms with Gasteiger partial charge in [0.05, 0.1) is 18.1 Å². The van der Waals surface area contributed by atoms with Gasteiger partial charge in [-0.1, -0.05) is 48.5 Å². The fourth-order valence-corrected chi connectivity index (χ4v) is 1.84. The third kappa shape index (κ3) is 3.29. The van der Waals surface area contributed by atoms with Crippen LogP contribution < -0.4 is 5.43 Å². The molecule has 0 aliphatic heterocycles. The van der Waals surface area contributed by atoms with Crippen molar-refractivity contribution in [2.75, 3.05) is 5.43 Å². The molecule has 0 saturated heterocycles. The highest BCUT2D eigenvalue weighted by atomic mass is 19.1. The zero-order chi connectivity index (χ0) is 15.2. The molecule has 108 valence electrons. The van der Waals surface area contributed by atoms with Crippen LogP contribution in [0.4, 0.5) is 10.3 Å². The Balaban J connectivity index is 1.75. The van der Waals surface area contributed by atoms with Crippen LogP contribution in [0.3, 0.4) is 0 Å². The molecule has 3 aromatic rings. The van der Waals surface area contributed by atoms with Crippen molar-refractivity contribution in [1.29, 1.82) is 0 Å². The summed E-state index contributed by atoms with van der Waals surface area (Å²) in [5.41, 5.74) is 4.63. The van der Waals surface area contributed by atoms with Gasteiger partial charge in [0.25, 0.3) is 5.95 Å². The minimum atomic E-state index is -0.342. The number of benzene rings is 2. The molecule has 0 fully saturated rings. The van der Waals surface area contributed by atoms with Crippen LogP contribution in [0.2, 0.25) is 0 Å². The molecule has 0 atom stereocenters. The molecular formula is C16H12FN5. The highest BCUT2D eigenvalue weighted by Crippen LogP contribution is 2.15. The zero-order valence-electron chi connectivity index (χ0n) is 11.5. The zero-order valence-corrected chi connectivity index (χ0v) is 11.5. The van der Waals surface area contributed by atoms with Gasteiger partial charge in [0, 0.05) is 11.1 Å². The van der Waals surface area contributed by atoms with Crippen LogP contribution >= 0.6 is 0 Å². The molecular weight excluding hydrogens is 281 g/mol. The Bertz CT molecular complexity index is 789. The maximum atomic E-state index is 13.4. The van der Waals surface area contributed by atoms with Gasteiger partial charge in [-0.15, -0.1) is 5.10 Å². The average Bonchev–Trinajstić information content (AvgIpc) is 2.58. The van der Waals surface area contributed by atoms with Gasteiger partial charge in [-0.25, -0.2) is 14.8 Å². The van der Waals surface area contributed by atoms with Gasteiger partial charge in [0.1, 0.15) is 5.82 Å². The maximum Gasteiger partial charge on any atom is 0.263 e. The van der Waals surface area contributed by atoms with Gasteiger partial charge in [-0.2, -0.15) is 10.2 Å². The van der Waals surface area contributed by atoms with Crippen molar-refractivity contribution >= 4 is 12.2 Å². The lowest BCUT2D eigenvalue weighted by Crippen LogP contribution is -2.00. The van der Waals surface area contributed by atoms with E-state index in [1.54, 1.807) is 24.4 Å². The number of rotatable bonds is 4. The summed E-state index contributed by atoms with van der Waals surface area (Å²) < 4.78 is 13.4. The SMILES string of the molecule is Fc1ccccc1C=NNc1nncc(-c2ccccc2)n1. The Morgan fingerprint density at radius 3 is 2.59 bits per heavy atom. The van der Waals surface area contributed by atoms with E-state index in [0.717, 1.165) is 5.56 Å². The summed E-state index contributed by atoms with van der Waals surface area (Å²) in [4.78, 5) is 4.30. The van der Waals surface area contributed by atoms with Crippen LogP contribution in [0, 0.1) is 5.82 Å². The van der Waals surface area contributed by atoms with Crippen molar-refractivity contribution in [1.82, 2.24) is 15.2 Å². The Morgan fingerprint density at radius 2 is 1.77 bits per heavy atom. The molecule has 0 spiro atoms. The number of anilines is 1. The van der Waals surface area contributed by atoms with E-state index in [1.165, 1.54) is 12.3 Å². The van der Waals surface area contributed by atoms with Gasteiger partial charge in [0.15, 0.2) is 0 Å². The number of nitrogens with zero attached hydrogens (tertiary/aromatic N) is 4. The number of hydrogen-bond acceptors (Lipinski definition) is 5. The van der Waals surface area contributed by atoms with E-state index in [0.29, 0.717) is 11.3 Å². The van der Waals surface area contributed by atoms with Gasteiger partial charge >= 0.3 is 0 Å². The second kappa shape index (κ2) is 6.53. The van der Waals surface area contributed by atoms with Gasteiger partial charge in [-0.05, 0) is 6.07 Å². The van der Waals surface area contributed by atoms with Crippen molar-refractivity contribution < 1.29 is 4.39 Å². The van der Waals surface area contributed by atoms with E-state index in [4.69, 9.17) is 0 Å². The van der Waals surface area contributed by atoms with E-state index in [9.17, 15) is 4.39 Å². The highest BCUT2D eigenvalue weighted by molar-refractivity contribution is 5.80. The smallest absolute Gasteiger partial charge is 0.244 e. The second-order valence-corrected chi connectivity index (χ2v) is 4.42. The first-order valence-electron chi connectivity index (χ1n) is 6.62. The van der Waals surface area contributed by atoms with Crippen molar-refractivity contribution in [2.45, 2.75) is 0 Å². The lowest BCUT2D eigenvalue weighted by Gasteiger charge is -2.02. The summed E-state index contributed by atoms with van der Waals surface area (Å²) in [5.74, 6) is -0.0981. The van der Waals surface area contributed by atoms with Crippen molar-refractivity contribution in [3.05, 3.63) is 72.2 Å². The Morgan fingerprint density at radius 1 is 1.00 bits per heavy atom. The first-order valence-corrected chi connectivity index (χ1v) is 6.62. The van der Waals surface area contributed by atoms with Crippen LogP contribution in [0.25, 0.3) is 11.3 Å². The molecule has 3 rings (SSSR count). The molecule has 1 heterocycles. The summed E-state index contributed by atoms with van der Waals surface area (Å²) in [6.45, 7) is 0. The Kier molecular flexibility index (Phi) is 4.10. The van der Waals surface area contributed by atoms with E-state index >= 15 is 0 Å². The lowest BCUT2D eigenvalue weighted by atomic mass is 10.2. The summed E-state index contributed by atoms with van der Waals surface area (Å²) in [6.07, 6.45) is 2.94. The van der Waals surface area contributed by atoms with Gasteiger partial charge in [-0.3, -0.25) is 0 Å². The number of nitrogens with one attached hydrogen (secondary N) is 1. The Hall–Kier alpha value is -3.15.